The number of rotatable bonds is 5. The molecular weight excluding hydrogens is 360 g/mol. The van der Waals surface area contributed by atoms with E-state index in [0.717, 1.165) is 5.56 Å². The van der Waals surface area contributed by atoms with Crippen LogP contribution in [0.4, 0.5) is 0 Å². The standard InChI is InChI=1S/C18H21ClN2O3S/c1-18(2,3)21-25(23,24)16-11-14(9-10-15(16)19)17(22)20-12-13-7-5-4-6-8-13/h4-11,21H,12H2,1-3H3,(H,20,22). The normalized spacial score (nSPS) is 12.0. The highest BCUT2D eigenvalue weighted by molar-refractivity contribution is 7.89. The summed E-state index contributed by atoms with van der Waals surface area (Å²) in [5.41, 5.74) is 0.523. The number of nitrogens with one attached hydrogen (secondary N) is 2. The lowest BCUT2D eigenvalue weighted by atomic mass is 10.1. The fourth-order valence-electron chi connectivity index (χ4n) is 2.19. The van der Waals surface area contributed by atoms with E-state index < -0.39 is 15.6 Å². The van der Waals surface area contributed by atoms with Crippen molar-refractivity contribution in [3.63, 3.8) is 0 Å². The van der Waals surface area contributed by atoms with Gasteiger partial charge in [0.2, 0.25) is 10.0 Å². The third-order valence-corrected chi connectivity index (χ3v) is 5.46. The van der Waals surface area contributed by atoms with E-state index in [0.29, 0.717) is 6.54 Å². The van der Waals surface area contributed by atoms with Crippen LogP contribution < -0.4 is 10.0 Å². The lowest BCUT2D eigenvalue weighted by Crippen LogP contribution is -2.40. The molecule has 2 aromatic rings. The zero-order chi connectivity index (χ0) is 18.7. The molecule has 134 valence electrons. The van der Waals surface area contributed by atoms with Crippen LogP contribution in [0, 0.1) is 0 Å². The first-order chi connectivity index (χ1) is 11.6. The molecule has 25 heavy (non-hydrogen) atoms. The van der Waals surface area contributed by atoms with Gasteiger partial charge < -0.3 is 5.32 Å². The van der Waals surface area contributed by atoms with Gasteiger partial charge in [-0.3, -0.25) is 4.79 Å². The first-order valence-corrected chi connectivity index (χ1v) is 9.60. The summed E-state index contributed by atoms with van der Waals surface area (Å²) in [5.74, 6) is -0.368. The molecule has 0 radical (unpaired) electrons. The fraction of sp³-hybridized carbons (Fsp3) is 0.278. The Bertz CT molecular complexity index is 860. The van der Waals surface area contributed by atoms with Crippen LogP contribution in [0.3, 0.4) is 0 Å². The van der Waals surface area contributed by atoms with Crippen molar-refractivity contribution in [1.82, 2.24) is 10.0 Å². The van der Waals surface area contributed by atoms with E-state index in [9.17, 15) is 13.2 Å². The van der Waals surface area contributed by atoms with Crippen molar-refractivity contribution in [3.05, 3.63) is 64.7 Å². The van der Waals surface area contributed by atoms with Crippen LogP contribution in [0.25, 0.3) is 0 Å². The van der Waals surface area contributed by atoms with Gasteiger partial charge in [0, 0.05) is 17.6 Å². The van der Waals surface area contributed by atoms with Crippen LogP contribution in [0.15, 0.2) is 53.4 Å². The molecule has 0 atom stereocenters. The molecule has 0 heterocycles. The number of amides is 1. The minimum Gasteiger partial charge on any atom is -0.348 e. The smallest absolute Gasteiger partial charge is 0.251 e. The Morgan fingerprint density at radius 2 is 1.72 bits per heavy atom. The number of sulfonamides is 1. The van der Waals surface area contributed by atoms with Crippen molar-refractivity contribution in [1.29, 1.82) is 0 Å². The summed E-state index contributed by atoms with van der Waals surface area (Å²) < 4.78 is 27.5. The number of benzene rings is 2. The topological polar surface area (TPSA) is 75.3 Å². The van der Waals surface area contributed by atoms with E-state index in [2.05, 4.69) is 10.0 Å². The van der Waals surface area contributed by atoms with Crippen molar-refractivity contribution in [3.8, 4) is 0 Å². The maximum atomic E-state index is 12.5. The van der Waals surface area contributed by atoms with E-state index in [-0.39, 0.29) is 21.4 Å². The molecule has 0 aliphatic heterocycles. The molecule has 0 spiro atoms. The van der Waals surface area contributed by atoms with Gasteiger partial charge in [-0.2, -0.15) is 0 Å². The molecule has 0 aromatic heterocycles. The average Bonchev–Trinajstić information content (AvgIpc) is 2.51. The summed E-state index contributed by atoms with van der Waals surface area (Å²) in [6.07, 6.45) is 0. The highest BCUT2D eigenvalue weighted by Gasteiger charge is 2.25. The molecule has 2 aromatic carbocycles. The molecule has 0 fully saturated rings. The van der Waals surface area contributed by atoms with Crippen LogP contribution in [0.1, 0.15) is 36.7 Å². The van der Waals surface area contributed by atoms with E-state index in [1.165, 1.54) is 18.2 Å². The Hall–Kier alpha value is -1.89. The SMILES string of the molecule is CC(C)(C)NS(=O)(=O)c1cc(C(=O)NCc2ccccc2)ccc1Cl. The van der Waals surface area contributed by atoms with Gasteiger partial charge in [-0.1, -0.05) is 41.9 Å². The first kappa shape index (κ1) is 19.4. The van der Waals surface area contributed by atoms with Crippen molar-refractivity contribution in [2.45, 2.75) is 37.8 Å². The van der Waals surface area contributed by atoms with Crippen LogP contribution in [-0.2, 0) is 16.6 Å². The molecule has 2 rings (SSSR count). The first-order valence-electron chi connectivity index (χ1n) is 7.74. The number of hydrogen-bond acceptors (Lipinski definition) is 3. The van der Waals surface area contributed by atoms with Gasteiger partial charge >= 0.3 is 0 Å². The van der Waals surface area contributed by atoms with Gasteiger partial charge in [-0.25, -0.2) is 13.1 Å². The predicted molar refractivity (Wildman–Crippen MR) is 99.1 cm³/mol. The van der Waals surface area contributed by atoms with Gasteiger partial charge in [0.05, 0.1) is 5.02 Å². The van der Waals surface area contributed by atoms with Crippen molar-refractivity contribution in [2.75, 3.05) is 0 Å². The summed E-state index contributed by atoms with van der Waals surface area (Å²) in [4.78, 5) is 12.2. The lowest BCUT2D eigenvalue weighted by Gasteiger charge is -2.21. The molecule has 0 bridgehead atoms. The van der Waals surface area contributed by atoms with Crippen molar-refractivity contribution in [2.24, 2.45) is 0 Å². The minimum atomic E-state index is -3.83. The lowest BCUT2D eigenvalue weighted by molar-refractivity contribution is 0.0950. The Morgan fingerprint density at radius 3 is 2.32 bits per heavy atom. The van der Waals surface area contributed by atoms with Gasteiger partial charge in [0.25, 0.3) is 5.91 Å². The van der Waals surface area contributed by atoms with Crippen LogP contribution in [0.5, 0.6) is 0 Å². The zero-order valence-corrected chi connectivity index (χ0v) is 15.9. The summed E-state index contributed by atoms with van der Waals surface area (Å²) in [7, 11) is -3.83. The van der Waals surface area contributed by atoms with E-state index >= 15 is 0 Å². The number of carbonyl (C=O) groups excluding carboxylic acids is 1. The second kappa shape index (κ2) is 7.56. The molecular formula is C18H21ClN2O3S. The van der Waals surface area contributed by atoms with Gasteiger partial charge in [-0.05, 0) is 44.5 Å². The van der Waals surface area contributed by atoms with E-state index in [1.807, 2.05) is 30.3 Å². The Labute approximate surface area is 153 Å². The Balaban J connectivity index is 2.22. The van der Waals surface area contributed by atoms with Crippen LogP contribution in [0.2, 0.25) is 5.02 Å². The maximum Gasteiger partial charge on any atom is 0.251 e. The molecule has 1 amide bonds. The summed E-state index contributed by atoms with van der Waals surface area (Å²) in [6, 6.07) is 13.6. The highest BCUT2D eigenvalue weighted by Crippen LogP contribution is 2.24. The second-order valence-corrected chi connectivity index (χ2v) is 8.73. The monoisotopic (exact) mass is 380 g/mol. The van der Waals surface area contributed by atoms with Crippen LogP contribution in [-0.4, -0.2) is 19.9 Å². The molecule has 5 nitrogen and oxygen atoms in total. The average molecular weight is 381 g/mol. The molecule has 0 unspecified atom stereocenters. The summed E-state index contributed by atoms with van der Waals surface area (Å²) >= 11 is 6.04. The van der Waals surface area contributed by atoms with Crippen LogP contribution >= 0.6 is 11.6 Å². The molecule has 0 saturated heterocycles. The third kappa shape index (κ3) is 5.56. The summed E-state index contributed by atoms with van der Waals surface area (Å²) in [5, 5.41) is 2.83. The molecule has 0 aliphatic carbocycles. The maximum absolute atomic E-state index is 12.5. The number of halogens is 1. The Morgan fingerprint density at radius 1 is 1.08 bits per heavy atom. The van der Waals surface area contributed by atoms with Gasteiger partial charge in [0.1, 0.15) is 4.90 Å². The molecule has 2 N–H and O–H groups in total. The Kier molecular flexibility index (Phi) is 5.87. The molecule has 0 aliphatic rings. The van der Waals surface area contributed by atoms with E-state index in [1.54, 1.807) is 20.8 Å². The van der Waals surface area contributed by atoms with E-state index in [4.69, 9.17) is 11.6 Å². The largest absolute Gasteiger partial charge is 0.348 e. The fourth-order valence-corrected chi connectivity index (χ4v) is 4.13. The number of hydrogen-bond donors (Lipinski definition) is 2. The minimum absolute atomic E-state index is 0.0661. The number of carbonyl (C=O) groups is 1. The van der Waals surface area contributed by atoms with Crippen molar-refractivity contribution >= 4 is 27.5 Å². The van der Waals surface area contributed by atoms with Gasteiger partial charge in [0.15, 0.2) is 0 Å². The summed E-state index contributed by atoms with van der Waals surface area (Å²) in [6.45, 7) is 5.54. The molecule has 0 saturated carbocycles. The predicted octanol–water partition coefficient (Wildman–Crippen LogP) is 3.35. The van der Waals surface area contributed by atoms with Gasteiger partial charge in [-0.15, -0.1) is 0 Å². The quantitative estimate of drug-likeness (QED) is 0.835. The van der Waals surface area contributed by atoms with Crippen molar-refractivity contribution < 1.29 is 13.2 Å². The second-order valence-electron chi connectivity index (χ2n) is 6.67. The highest BCUT2D eigenvalue weighted by atomic mass is 35.5. The zero-order valence-electron chi connectivity index (χ0n) is 14.3. The molecule has 7 heteroatoms. The third-order valence-electron chi connectivity index (χ3n) is 3.22.